The summed E-state index contributed by atoms with van der Waals surface area (Å²) in [6.45, 7) is 5.74. The number of benzene rings is 2. The van der Waals surface area contributed by atoms with E-state index in [9.17, 15) is 4.79 Å². The van der Waals surface area contributed by atoms with Gasteiger partial charge < -0.3 is 4.42 Å². The van der Waals surface area contributed by atoms with Gasteiger partial charge in [-0.05, 0) is 56.2 Å². The maximum atomic E-state index is 12.5. The van der Waals surface area contributed by atoms with Crippen molar-refractivity contribution in [2.24, 2.45) is 0 Å². The number of aryl methyl sites for hydroxylation is 3. The molecule has 2 aromatic heterocycles. The molecule has 0 fully saturated rings. The monoisotopic (exact) mass is 365 g/mol. The number of rotatable bonds is 2. The smallest absolute Gasteiger partial charge is 0.347 e. The van der Waals surface area contributed by atoms with Crippen molar-refractivity contribution < 1.29 is 4.42 Å². The van der Waals surface area contributed by atoms with Gasteiger partial charge in [-0.15, -0.1) is 0 Å². The zero-order chi connectivity index (χ0) is 18.4. The fraction of sp³-hybridized carbons (Fsp3) is 0.150. The Hall–Kier alpha value is -2.92. The predicted octanol–water partition coefficient (Wildman–Crippen LogP) is 4.62. The molecule has 5 nitrogen and oxygen atoms in total. The van der Waals surface area contributed by atoms with Gasteiger partial charge in [-0.2, -0.15) is 5.10 Å². The molecule has 0 bridgehead atoms. The molecule has 0 aliphatic rings. The molecular formula is C20H16ClN3O2. The van der Waals surface area contributed by atoms with Crippen molar-refractivity contribution in [1.82, 2.24) is 14.8 Å². The van der Waals surface area contributed by atoms with Gasteiger partial charge in [0, 0.05) is 0 Å². The molecule has 0 radical (unpaired) electrons. The molecule has 2 aromatic carbocycles. The van der Waals surface area contributed by atoms with Crippen LogP contribution in [-0.4, -0.2) is 14.8 Å². The Labute approximate surface area is 154 Å². The van der Waals surface area contributed by atoms with Gasteiger partial charge >= 0.3 is 5.63 Å². The summed E-state index contributed by atoms with van der Waals surface area (Å²) in [5, 5.41) is 5.52. The van der Waals surface area contributed by atoms with E-state index in [1.807, 2.05) is 51.1 Å². The maximum absolute atomic E-state index is 12.5. The van der Waals surface area contributed by atoms with Crippen LogP contribution in [0.2, 0.25) is 5.02 Å². The lowest BCUT2D eigenvalue weighted by Crippen LogP contribution is -2.07. The van der Waals surface area contributed by atoms with E-state index < -0.39 is 5.63 Å². The Morgan fingerprint density at radius 2 is 1.85 bits per heavy atom. The van der Waals surface area contributed by atoms with Crippen molar-refractivity contribution >= 4 is 22.5 Å². The van der Waals surface area contributed by atoms with Crippen molar-refractivity contribution in [2.75, 3.05) is 0 Å². The molecular weight excluding hydrogens is 350 g/mol. The van der Waals surface area contributed by atoms with Crippen LogP contribution in [0.3, 0.4) is 0 Å². The maximum Gasteiger partial charge on any atom is 0.347 e. The normalized spacial score (nSPS) is 11.2. The fourth-order valence-corrected chi connectivity index (χ4v) is 3.32. The number of hydrogen-bond donors (Lipinski definition) is 0. The second-order valence-corrected chi connectivity index (χ2v) is 6.73. The molecule has 0 aliphatic carbocycles. The second-order valence-electron chi connectivity index (χ2n) is 6.32. The van der Waals surface area contributed by atoms with E-state index in [2.05, 4.69) is 10.1 Å². The number of aromatic nitrogens is 3. The van der Waals surface area contributed by atoms with Crippen LogP contribution in [0.5, 0.6) is 0 Å². The number of nitrogens with zero attached hydrogens (tertiary/aromatic N) is 3. The van der Waals surface area contributed by atoms with E-state index in [1.54, 1.807) is 16.8 Å². The van der Waals surface area contributed by atoms with Gasteiger partial charge in [0.2, 0.25) is 5.89 Å². The molecule has 0 atom stereocenters. The summed E-state index contributed by atoms with van der Waals surface area (Å²) < 4.78 is 7.18. The Bertz CT molecular complexity index is 1210. The highest BCUT2D eigenvalue weighted by Gasteiger charge is 2.18. The molecule has 26 heavy (non-hydrogen) atoms. The van der Waals surface area contributed by atoms with E-state index in [0.29, 0.717) is 27.3 Å². The van der Waals surface area contributed by atoms with E-state index >= 15 is 0 Å². The Morgan fingerprint density at radius 1 is 1.08 bits per heavy atom. The highest BCUT2D eigenvalue weighted by molar-refractivity contribution is 6.32. The summed E-state index contributed by atoms with van der Waals surface area (Å²) in [6.07, 6.45) is 0. The third-order valence-electron chi connectivity index (χ3n) is 4.20. The van der Waals surface area contributed by atoms with E-state index in [4.69, 9.17) is 16.0 Å². The lowest BCUT2D eigenvalue weighted by Gasteiger charge is -2.09. The first-order valence-corrected chi connectivity index (χ1v) is 8.56. The van der Waals surface area contributed by atoms with Crippen LogP contribution in [0.25, 0.3) is 28.2 Å². The van der Waals surface area contributed by atoms with Crippen LogP contribution >= 0.6 is 11.6 Å². The molecule has 6 heteroatoms. The molecule has 4 aromatic rings. The van der Waals surface area contributed by atoms with Gasteiger partial charge in [0.1, 0.15) is 5.69 Å². The Morgan fingerprint density at radius 3 is 2.62 bits per heavy atom. The fourth-order valence-electron chi connectivity index (χ4n) is 3.10. The quantitative estimate of drug-likeness (QED) is 0.520. The molecule has 130 valence electrons. The Balaban J connectivity index is 2.01. The molecule has 0 saturated heterocycles. The van der Waals surface area contributed by atoms with Crippen molar-refractivity contribution in [3.8, 4) is 17.3 Å². The summed E-state index contributed by atoms with van der Waals surface area (Å²) in [6, 6.07) is 13.0. The van der Waals surface area contributed by atoms with E-state index in [0.717, 1.165) is 16.8 Å². The molecule has 4 rings (SSSR count). The van der Waals surface area contributed by atoms with Crippen LogP contribution in [-0.2, 0) is 0 Å². The van der Waals surface area contributed by atoms with Crippen molar-refractivity contribution in [1.29, 1.82) is 0 Å². The lowest BCUT2D eigenvalue weighted by molar-refractivity contribution is 0.513. The summed E-state index contributed by atoms with van der Waals surface area (Å²) >= 11 is 6.32. The summed E-state index contributed by atoms with van der Waals surface area (Å²) in [4.78, 5) is 17.1. The van der Waals surface area contributed by atoms with E-state index in [-0.39, 0.29) is 5.89 Å². The number of halogens is 1. The van der Waals surface area contributed by atoms with Crippen LogP contribution in [0, 0.1) is 20.8 Å². The largest absolute Gasteiger partial charge is 0.401 e. The SMILES string of the molecule is Cc1cc(C)c2nc(-c3cc(C)nn3-c3ccccc3Cl)oc(=O)c2c1. The first-order valence-electron chi connectivity index (χ1n) is 8.18. The second kappa shape index (κ2) is 6.11. The van der Waals surface area contributed by atoms with Gasteiger partial charge in [-0.25, -0.2) is 14.5 Å². The van der Waals surface area contributed by atoms with Gasteiger partial charge in [0.15, 0.2) is 0 Å². The van der Waals surface area contributed by atoms with E-state index in [1.165, 1.54) is 0 Å². The molecule has 2 heterocycles. The van der Waals surface area contributed by atoms with Crippen molar-refractivity contribution in [3.05, 3.63) is 74.7 Å². The lowest BCUT2D eigenvalue weighted by atomic mass is 10.1. The minimum atomic E-state index is -0.415. The Kier molecular flexibility index (Phi) is 3.89. The third-order valence-corrected chi connectivity index (χ3v) is 4.52. The van der Waals surface area contributed by atoms with Gasteiger partial charge in [0.25, 0.3) is 0 Å². The van der Waals surface area contributed by atoms with Crippen LogP contribution in [0.15, 0.2) is 51.7 Å². The average Bonchev–Trinajstić information content (AvgIpc) is 2.97. The summed E-state index contributed by atoms with van der Waals surface area (Å²) in [7, 11) is 0. The molecule has 0 unspecified atom stereocenters. The van der Waals surface area contributed by atoms with Crippen LogP contribution in [0.4, 0.5) is 0 Å². The minimum absolute atomic E-state index is 0.218. The molecule has 0 aliphatic heterocycles. The average molecular weight is 366 g/mol. The standard InChI is InChI=1S/C20H16ClN3O2/c1-11-8-12(2)18-14(9-11)20(25)26-19(22-18)17-10-13(3)23-24(17)16-7-5-4-6-15(16)21/h4-10H,1-3H3. The van der Waals surface area contributed by atoms with Gasteiger partial charge in [0.05, 0.1) is 27.3 Å². The number of hydrogen-bond acceptors (Lipinski definition) is 4. The highest BCUT2D eigenvalue weighted by atomic mass is 35.5. The first kappa shape index (κ1) is 16.5. The molecule has 0 amide bonds. The molecule has 0 N–H and O–H groups in total. The zero-order valence-electron chi connectivity index (χ0n) is 14.6. The summed E-state index contributed by atoms with van der Waals surface area (Å²) in [5.41, 5.74) is 4.18. The number of para-hydroxylation sites is 1. The highest BCUT2D eigenvalue weighted by Crippen LogP contribution is 2.27. The summed E-state index contributed by atoms with van der Waals surface area (Å²) in [5.74, 6) is 0.218. The predicted molar refractivity (Wildman–Crippen MR) is 102 cm³/mol. The number of fused-ring (bicyclic) bond motifs is 1. The van der Waals surface area contributed by atoms with Gasteiger partial charge in [-0.3, -0.25) is 0 Å². The van der Waals surface area contributed by atoms with Crippen molar-refractivity contribution in [3.63, 3.8) is 0 Å². The third kappa shape index (κ3) is 2.70. The minimum Gasteiger partial charge on any atom is -0.401 e. The molecule has 0 spiro atoms. The molecule has 0 saturated carbocycles. The van der Waals surface area contributed by atoms with Crippen LogP contribution < -0.4 is 5.63 Å². The first-order chi connectivity index (χ1) is 12.4. The zero-order valence-corrected chi connectivity index (χ0v) is 15.3. The van der Waals surface area contributed by atoms with Gasteiger partial charge in [-0.1, -0.05) is 29.8 Å². The topological polar surface area (TPSA) is 60.9 Å². The van der Waals surface area contributed by atoms with Crippen LogP contribution in [0.1, 0.15) is 16.8 Å². The van der Waals surface area contributed by atoms with Crippen molar-refractivity contribution in [2.45, 2.75) is 20.8 Å².